The second-order valence-electron chi connectivity index (χ2n) is 8.59. The Kier molecular flexibility index (Phi) is 8.20. The molecule has 0 N–H and O–H groups in total. The molecule has 0 saturated carbocycles. The third kappa shape index (κ3) is 6.39. The average Bonchev–Trinajstić information content (AvgIpc) is 2.77. The van der Waals surface area contributed by atoms with Crippen LogP contribution in [0.1, 0.15) is 41.2 Å². The highest BCUT2D eigenvalue weighted by atomic mass is 32.2. The monoisotopic (exact) mass is 508 g/mol. The zero-order valence-electron chi connectivity index (χ0n) is 20.1. The van der Waals surface area contributed by atoms with Crippen LogP contribution < -0.4 is 0 Å². The number of halogens is 3. The SMILES string of the molecule is COC(=O)OC1=C(c2c(C)cc(C)cc2C)C(=O)OC(C(C)CSc2ccc(C(F)(F)F)cc2)C1. The first-order chi connectivity index (χ1) is 16.4. The molecule has 3 rings (SSSR count). The van der Waals surface area contributed by atoms with Crippen LogP contribution in [-0.2, 0) is 25.2 Å². The van der Waals surface area contributed by atoms with E-state index in [9.17, 15) is 22.8 Å². The van der Waals surface area contributed by atoms with E-state index in [1.807, 2.05) is 39.8 Å². The number of rotatable bonds is 6. The van der Waals surface area contributed by atoms with Gasteiger partial charge >= 0.3 is 18.3 Å². The van der Waals surface area contributed by atoms with Crippen molar-refractivity contribution >= 4 is 29.5 Å². The van der Waals surface area contributed by atoms with Gasteiger partial charge < -0.3 is 14.2 Å². The van der Waals surface area contributed by atoms with E-state index in [0.29, 0.717) is 16.2 Å². The van der Waals surface area contributed by atoms with Crippen molar-refractivity contribution in [1.82, 2.24) is 0 Å². The Bertz CT molecular complexity index is 1120. The molecule has 0 amide bonds. The van der Waals surface area contributed by atoms with Gasteiger partial charge in [-0.2, -0.15) is 13.2 Å². The van der Waals surface area contributed by atoms with E-state index >= 15 is 0 Å². The zero-order valence-corrected chi connectivity index (χ0v) is 20.9. The summed E-state index contributed by atoms with van der Waals surface area (Å²) in [6.07, 6.45) is -5.74. The molecule has 0 spiro atoms. The lowest BCUT2D eigenvalue weighted by Crippen LogP contribution is -2.33. The Morgan fingerprint density at radius 2 is 1.74 bits per heavy atom. The summed E-state index contributed by atoms with van der Waals surface area (Å²) in [5, 5.41) is 0. The Balaban J connectivity index is 1.82. The number of thioether (sulfide) groups is 1. The maximum absolute atomic E-state index is 13.2. The van der Waals surface area contributed by atoms with Crippen molar-refractivity contribution in [2.24, 2.45) is 5.92 Å². The van der Waals surface area contributed by atoms with Crippen molar-refractivity contribution in [3.8, 4) is 0 Å². The molecule has 5 nitrogen and oxygen atoms in total. The van der Waals surface area contributed by atoms with Gasteiger partial charge in [-0.05, 0) is 61.7 Å². The van der Waals surface area contributed by atoms with Gasteiger partial charge in [-0.1, -0.05) is 24.6 Å². The number of esters is 1. The fraction of sp³-hybridized carbons (Fsp3) is 0.385. The van der Waals surface area contributed by atoms with Crippen LogP contribution in [0, 0.1) is 26.7 Å². The third-order valence-electron chi connectivity index (χ3n) is 5.76. The highest BCUT2D eigenvalue weighted by molar-refractivity contribution is 7.99. The molecule has 0 saturated heterocycles. The number of hydrogen-bond acceptors (Lipinski definition) is 6. The molecule has 0 aromatic heterocycles. The molecule has 2 atom stereocenters. The van der Waals surface area contributed by atoms with Gasteiger partial charge in [-0.15, -0.1) is 11.8 Å². The average molecular weight is 509 g/mol. The molecule has 2 aromatic rings. The van der Waals surface area contributed by atoms with Crippen molar-refractivity contribution in [3.05, 3.63) is 70.0 Å². The standard InChI is InChI=1S/C26H27F3O5S/c1-14-10-15(2)22(16(3)11-14)23-21(34-25(31)32-5)12-20(33-24(23)30)17(4)13-35-19-8-6-18(7-9-19)26(27,28)29/h6-11,17,20H,12-13H2,1-5H3. The third-order valence-corrected chi connectivity index (χ3v) is 7.06. The van der Waals surface area contributed by atoms with Gasteiger partial charge in [0.05, 0.1) is 12.7 Å². The number of hydrogen-bond donors (Lipinski definition) is 0. The maximum Gasteiger partial charge on any atom is 0.513 e. The Morgan fingerprint density at radius 1 is 1.14 bits per heavy atom. The molecule has 0 aliphatic carbocycles. The first kappa shape index (κ1) is 26.7. The lowest BCUT2D eigenvalue weighted by Gasteiger charge is -2.31. The number of methoxy groups -OCH3 is 1. The van der Waals surface area contributed by atoms with E-state index < -0.39 is 30.0 Å². The minimum atomic E-state index is -4.39. The largest absolute Gasteiger partial charge is 0.513 e. The molecular weight excluding hydrogens is 481 g/mol. The Morgan fingerprint density at radius 3 is 2.29 bits per heavy atom. The molecule has 1 heterocycles. The molecule has 2 aromatic carbocycles. The minimum Gasteiger partial charge on any atom is -0.458 e. The van der Waals surface area contributed by atoms with Crippen LogP contribution >= 0.6 is 11.8 Å². The zero-order chi connectivity index (χ0) is 25.9. The summed E-state index contributed by atoms with van der Waals surface area (Å²) in [6, 6.07) is 8.79. The van der Waals surface area contributed by atoms with Gasteiger partial charge in [0.25, 0.3) is 0 Å². The molecule has 1 aliphatic rings. The number of ether oxygens (including phenoxy) is 3. The second-order valence-corrected chi connectivity index (χ2v) is 9.68. The summed E-state index contributed by atoms with van der Waals surface area (Å²) >= 11 is 1.36. The van der Waals surface area contributed by atoms with Crippen molar-refractivity contribution < 1.29 is 37.0 Å². The van der Waals surface area contributed by atoms with Gasteiger partial charge in [-0.25, -0.2) is 9.59 Å². The van der Waals surface area contributed by atoms with Crippen molar-refractivity contribution in [2.75, 3.05) is 12.9 Å². The second kappa shape index (κ2) is 10.8. The van der Waals surface area contributed by atoms with Crippen LogP contribution in [0.2, 0.25) is 0 Å². The topological polar surface area (TPSA) is 61.8 Å². The number of alkyl halides is 3. The summed E-state index contributed by atoms with van der Waals surface area (Å²) in [4.78, 5) is 25.8. The van der Waals surface area contributed by atoms with E-state index in [4.69, 9.17) is 9.47 Å². The summed E-state index contributed by atoms with van der Waals surface area (Å²) in [5.41, 5.74) is 2.89. The minimum absolute atomic E-state index is 0.164. The van der Waals surface area contributed by atoms with Gasteiger partial charge in [-0.3, -0.25) is 0 Å². The van der Waals surface area contributed by atoms with Crippen LogP contribution in [0.3, 0.4) is 0 Å². The van der Waals surface area contributed by atoms with E-state index in [0.717, 1.165) is 28.8 Å². The molecule has 9 heteroatoms. The first-order valence-corrected chi connectivity index (χ1v) is 12.0. The molecule has 0 bridgehead atoms. The first-order valence-electron chi connectivity index (χ1n) is 11.0. The number of carbonyl (C=O) groups is 2. The lowest BCUT2D eigenvalue weighted by molar-refractivity contribution is -0.146. The Labute approximate surface area is 206 Å². The van der Waals surface area contributed by atoms with Crippen molar-refractivity contribution in [3.63, 3.8) is 0 Å². The van der Waals surface area contributed by atoms with Gasteiger partial charge in [0.15, 0.2) is 0 Å². The fourth-order valence-electron chi connectivity index (χ4n) is 4.08. The van der Waals surface area contributed by atoms with Crippen LogP contribution in [0.15, 0.2) is 47.1 Å². The van der Waals surface area contributed by atoms with E-state index in [1.54, 1.807) is 0 Å². The quantitative estimate of drug-likeness (QED) is 0.314. The Hall–Kier alpha value is -2.94. The van der Waals surface area contributed by atoms with Gasteiger partial charge in [0.1, 0.15) is 17.4 Å². The molecular formula is C26H27F3O5S. The predicted molar refractivity (Wildman–Crippen MR) is 127 cm³/mol. The summed E-state index contributed by atoms with van der Waals surface area (Å²) in [5.74, 6) is -0.113. The molecule has 1 aliphatic heterocycles. The van der Waals surface area contributed by atoms with Crippen LogP contribution in [-0.4, -0.2) is 31.1 Å². The smallest absolute Gasteiger partial charge is 0.458 e. The van der Waals surface area contributed by atoms with Crippen molar-refractivity contribution in [2.45, 2.75) is 51.3 Å². The van der Waals surface area contributed by atoms with Crippen LogP contribution in [0.5, 0.6) is 0 Å². The summed E-state index contributed by atoms with van der Waals surface area (Å²) < 4.78 is 54.2. The van der Waals surface area contributed by atoms with Crippen LogP contribution in [0.4, 0.5) is 18.0 Å². The van der Waals surface area contributed by atoms with E-state index in [1.165, 1.54) is 31.0 Å². The molecule has 188 valence electrons. The normalized spacial score (nSPS) is 17.1. The molecule has 2 unspecified atom stereocenters. The van der Waals surface area contributed by atoms with Gasteiger partial charge in [0.2, 0.25) is 0 Å². The highest BCUT2D eigenvalue weighted by Gasteiger charge is 2.36. The lowest BCUT2D eigenvalue weighted by atomic mass is 9.89. The molecule has 35 heavy (non-hydrogen) atoms. The number of carbonyl (C=O) groups excluding carboxylic acids is 2. The van der Waals surface area contributed by atoms with Crippen molar-refractivity contribution in [1.29, 1.82) is 0 Å². The summed E-state index contributed by atoms with van der Waals surface area (Å²) in [7, 11) is 1.19. The number of benzene rings is 2. The summed E-state index contributed by atoms with van der Waals surface area (Å²) in [6.45, 7) is 7.58. The predicted octanol–water partition coefficient (Wildman–Crippen LogP) is 6.87. The highest BCUT2D eigenvalue weighted by Crippen LogP contribution is 2.37. The maximum atomic E-state index is 13.2. The number of aryl methyl sites for hydroxylation is 3. The number of cyclic esters (lactones) is 1. The van der Waals surface area contributed by atoms with Gasteiger partial charge in [0, 0.05) is 23.0 Å². The molecule has 0 radical (unpaired) electrons. The fourth-order valence-corrected chi connectivity index (χ4v) is 5.08. The van der Waals surface area contributed by atoms with E-state index in [2.05, 4.69) is 4.74 Å². The molecule has 0 fully saturated rings. The van der Waals surface area contributed by atoms with E-state index in [-0.39, 0.29) is 23.7 Å². The van der Waals surface area contributed by atoms with Crippen LogP contribution in [0.25, 0.3) is 5.57 Å².